The lowest BCUT2D eigenvalue weighted by Crippen LogP contribution is -2.41. The number of carbonyl (C=O) groups excluding carboxylic acids is 1. The number of carbonyl (C=O) groups is 1. The predicted octanol–water partition coefficient (Wildman–Crippen LogP) is 4.30. The summed E-state index contributed by atoms with van der Waals surface area (Å²) in [6, 6.07) is 6.16. The Kier molecular flexibility index (Phi) is 6.31. The van der Waals surface area contributed by atoms with Gasteiger partial charge in [-0.3, -0.25) is 4.79 Å². The average molecular weight is 384 g/mol. The molecule has 0 radical (unpaired) electrons. The summed E-state index contributed by atoms with van der Waals surface area (Å²) in [5.41, 5.74) is 10.0. The fourth-order valence-corrected chi connectivity index (χ4v) is 4.37. The third kappa shape index (κ3) is 5.03. The van der Waals surface area contributed by atoms with E-state index in [4.69, 9.17) is 5.73 Å². The van der Waals surface area contributed by atoms with Crippen molar-refractivity contribution >= 4 is 11.5 Å². The normalized spacial score (nSPS) is 20.2. The number of nitrogens with zero attached hydrogens (tertiary/aromatic N) is 1. The second-order valence-corrected chi connectivity index (χ2v) is 9.82. The zero-order valence-corrected chi connectivity index (χ0v) is 18.1. The summed E-state index contributed by atoms with van der Waals surface area (Å²) in [7, 11) is 0. The molecule has 0 aromatic heterocycles. The van der Waals surface area contributed by atoms with Gasteiger partial charge in [-0.05, 0) is 93.3 Å². The quantitative estimate of drug-likeness (QED) is 0.738. The summed E-state index contributed by atoms with van der Waals surface area (Å²) in [6.45, 7) is 13.6. The molecular weight excluding hydrogens is 346 g/mol. The van der Waals surface area contributed by atoms with E-state index in [9.17, 15) is 4.79 Å². The highest BCUT2D eigenvalue weighted by Gasteiger charge is 2.26. The lowest BCUT2D eigenvalue weighted by atomic mass is 9.76. The van der Waals surface area contributed by atoms with Gasteiger partial charge in [0.1, 0.15) is 0 Å². The van der Waals surface area contributed by atoms with E-state index in [0.717, 1.165) is 37.9 Å². The molecule has 1 amide bonds. The van der Waals surface area contributed by atoms with Crippen molar-refractivity contribution in [3.8, 4) is 0 Å². The number of allylic oxidation sites excluding steroid dienone is 2. The summed E-state index contributed by atoms with van der Waals surface area (Å²) < 4.78 is 0. The summed E-state index contributed by atoms with van der Waals surface area (Å²) in [5, 5.41) is 3.72. The van der Waals surface area contributed by atoms with E-state index in [-0.39, 0.29) is 11.4 Å². The van der Waals surface area contributed by atoms with Crippen molar-refractivity contribution in [3.05, 3.63) is 41.0 Å². The van der Waals surface area contributed by atoms with Crippen LogP contribution in [-0.2, 0) is 5.54 Å². The number of amides is 1. The molecular formula is C24H37N3O. The fourth-order valence-electron chi connectivity index (χ4n) is 4.37. The predicted molar refractivity (Wildman–Crippen MR) is 117 cm³/mol. The molecule has 1 fully saturated rings. The number of likely N-dealkylation sites (tertiary alicyclic amines) is 1. The lowest BCUT2D eigenvalue weighted by Gasteiger charge is -2.31. The summed E-state index contributed by atoms with van der Waals surface area (Å²) in [5.74, 6) is -0.341. The smallest absolute Gasteiger partial charge is 0.249 e. The summed E-state index contributed by atoms with van der Waals surface area (Å²) >= 11 is 0. The second-order valence-electron chi connectivity index (χ2n) is 9.82. The van der Waals surface area contributed by atoms with E-state index < -0.39 is 0 Å². The van der Waals surface area contributed by atoms with Gasteiger partial charge < -0.3 is 16.0 Å². The molecule has 3 N–H and O–H groups in total. The topological polar surface area (TPSA) is 58.4 Å². The van der Waals surface area contributed by atoms with Gasteiger partial charge in [-0.25, -0.2) is 0 Å². The van der Waals surface area contributed by atoms with Crippen molar-refractivity contribution in [1.29, 1.82) is 0 Å². The van der Waals surface area contributed by atoms with Crippen molar-refractivity contribution < 1.29 is 4.79 Å². The van der Waals surface area contributed by atoms with Gasteiger partial charge in [-0.15, -0.1) is 0 Å². The van der Waals surface area contributed by atoms with Crippen LogP contribution in [0.1, 0.15) is 81.3 Å². The molecule has 0 unspecified atom stereocenters. The number of rotatable bonds is 7. The number of hydrogen-bond acceptors (Lipinski definition) is 3. The molecule has 0 saturated carbocycles. The van der Waals surface area contributed by atoms with Crippen LogP contribution < -0.4 is 11.1 Å². The van der Waals surface area contributed by atoms with E-state index in [2.05, 4.69) is 56.1 Å². The molecule has 3 rings (SSSR count). The largest absolute Gasteiger partial charge is 0.366 e. The molecule has 1 aromatic carbocycles. The van der Waals surface area contributed by atoms with E-state index in [0.29, 0.717) is 11.0 Å². The molecule has 1 heterocycles. The second kappa shape index (κ2) is 8.38. The van der Waals surface area contributed by atoms with Gasteiger partial charge >= 0.3 is 0 Å². The van der Waals surface area contributed by atoms with Gasteiger partial charge in [0.25, 0.3) is 0 Å². The van der Waals surface area contributed by atoms with E-state index in [1.807, 2.05) is 6.07 Å². The molecule has 154 valence electrons. The fraction of sp³-hybridized carbons (Fsp3) is 0.625. The van der Waals surface area contributed by atoms with Gasteiger partial charge in [0.05, 0.1) is 0 Å². The van der Waals surface area contributed by atoms with Crippen LogP contribution in [0.15, 0.2) is 24.3 Å². The monoisotopic (exact) mass is 383 g/mol. The molecule has 1 aromatic rings. The van der Waals surface area contributed by atoms with Gasteiger partial charge in [-0.1, -0.05) is 26.0 Å². The van der Waals surface area contributed by atoms with Crippen molar-refractivity contribution in [2.24, 2.45) is 11.1 Å². The van der Waals surface area contributed by atoms with Crippen LogP contribution in [0.5, 0.6) is 0 Å². The minimum Gasteiger partial charge on any atom is -0.366 e. The van der Waals surface area contributed by atoms with Gasteiger partial charge in [-0.2, -0.15) is 0 Å². The Hall–Kier alpha value is -1.65. The zero-order chi connectivity index (χ0) is 20.4. The number of hydrogen-bond donors (Lipinski definition) is 2. The van der Waals surface area contributed by atoms with Gasteiger partial charge in [0.2, 0.25) is 5.91 Å². The minimum atomic E-state index is -0.341. The maximum Gasteiger partial charge on any atom is 0.249 e. The molecule has 28 heavy (non-hydrogen) atoms. The first-order valence-corrected chi connectivity index (χ1v) is 10.8. The standard InChI is InChI=1S/C24H37N3O/c1-23(2)11-9-18(10-12-23)21-17-19(7-8-20(21)22(25)28)24(3,4)26-13-16-27-14-5-6-15-27/h7-9,17,26H,5-6,10-16H2,1-4H3,(H2,25,28). The summed E-state index contributed by atoms with van der Waals surface area (Å²) in [4.78, 5) is 14.6. The van der Waals surface area contributed by atoms with Crippen LogP contribution in [0.3, 0.4) is 0 Å². The van der Waals surface area contributed by atoms with Crippen molar-refractivity contribution in [3.63, 3.8) is 0 Å². The molecule has 1 saturated heterocycles. The minimum absolute atomic E-state index is 0.154. The first kappa shape index (κ1) is 21.1. The van der Waals surface area contributed by atoms with E-state index in [1.54, 1.807) is 0 Å². The van der Waals surface area contributed by atoms with Crippen LogP contribution >= 0.6 is 0 Å². The third-order valence-electron chi connectivity index (χ3n) is 6.52. The Balaban J connectivity index is 1.79. The van der Waals surface area contributed by atoms with E-state index in [1.165, 1.54) is 37.1 Å². The van der Waals surface area contributed by atoms with Crippen LogP contribution in [0.2, 0.25) is 0 Å². The summed E-state index contributed by atoms with van der Waals surface area (Å²) in [6.07, 6.45) is 8.14. The number of nitrogens with one attached hydrogen (secondary N) is 1. The molecule has 4 heteroatoms. The third-order valence-corrected chi connectivity index (χ3v) is 6.52. The van der Waals surface area contributed by atoms with Crippen molar-refractivity contribution in [2.45, 2.75) is 65.3 Å². The average Bonchev–Trinajstić information content (AvgIpc) is 3.14. The van der Waals surface area contributed by atoms with Crippen LogP contribution in [-0.4, -0.2) is 37.0 Å². The SMILES string of the molecule is CC1(C)CC=C(c2cc(C(C)(C)NCCN3CCCC3)ccc2C(N)=O)CC1. The number of benzene rings is 1. The molecule has 1 aliphatic carbocycles. The van der Waals surface area contributed by atoms with E-state index >= 15 is 0 Å². The highest BCUT2D eigenvalue weighted by atomic mass is 16.1. The molecule has 1 aliphatic heterocycles. The van der Waals surface area contributed by atoms with Crippen LogP contribution in [0.4, 0.5) is 0 Å². The maximum absolute atomic E-state index is 12.0. The molecule has 0 bridgehead atoms. The first-order chi connectivity index (χ1) is 13.2. The molecule has 4 nitrogen and oxygen atoms in total. The Morgan fingerprint density at radius 1 is 1.25 bits per heavy atom. The lowest BCUT2D eigenvalue weighted by molar-refractivity contribution is 0.1000. The zero-order valence-electron chi connectivity index (χ0n) is 18.1. The Labute approximate surface area is 170 Å². The Bertz CT molecular complexity index is 742. The van der Waals surface area contributed by atoms with Crippen molar-refractivity contribution in [2.75, 3.05) is 26.2 Å². The van der Waals surface area contributed by atoms with Crippen LogP contribution in [0, 0.1) is 5.41 Å². The molecule has 2 aliphatic rings. The maximum atomic E-state index is 12.0. The Morgan fingerprint density at radius 3 is 2.57 bits per heavy atom. The molecule has 0 atom stereocenters. The number of nitrogens with two attached hydrogens (primary N) is 1. The highest BCUT2D eigenvalue weighted by Crippen LogP contribution is 2.39. The van der Waals surface area contributed by atoms with Crippen LogP contribution in [0.25, 0.3) is 5.57 Å². The Morgan fingerprint density at radius 2 is 1.96 bits per heavy atom. The first-order valence-electron chi connectivity index (χ1n) is 10.8. The van der Waals surface area contributed by atoms with Crippen molar-refractivity contribution in [1.82, 2.24) is 10.2 Å². The van der Waals surface area contributed by atoms with Gasteiger partial charge in [0.15, 0.2) is 0 Å². The highest BCUT2D eigenvalue weighted by molar-refractivity contribution is 5.98. The van der Waals surface area contributed by atoms with Gasteiger partial charge in [0, 0.05) is 24.2 Å². The number of primary amides is 1. The molecule has 0 spiro atoms.